The van der Waals surface area contributed by atoms with Gasteiger partial charge in [-0.2, -0.15) is 0 Å². The summed E-state index contributed by atoms with van der Waals surface area (Å²) in [6.45, 7) is 2.87. The van der Waals surface area contributed by atoms with Gasteiger partial charge in [-0.15, -0.1) is 0 Å². The predicted octanol–water partition coefficient (Wildman–Crippen LogP) is 0.836. The van der Waals surface area contributed by atoms with E-state index in [1.807, 2.05) is 6.07 Å². The number of aromatic nitrogens is 2. The molecule has 7 nitrogen and oxygen atoms in total. The number of ether oxygens (including phenoxy) is 1. The molecule has 2 saturated heterocycles. The van der Waals surface area contributed by atoms with Crippen molar-refractivity contribution in [3.05, 3.63) is 18.1 Å². The molecule has 1 amide bonds. The highest BCUT2D eigenvalue weighted by atomic mass is 16.5. The van der Waals surface area contributed by atoms with Gasteiger partial charge in [0.15, 0.2) is 0 Å². The largest absolute Gasteiger partial charge is 0.391 e. The molecule has 2 N–H and O–H groups in total. The average molecular weight is 346 g/mol. The number of nitrogens with zero attached hydrogens (tertiary/aromatic N) is 3. The number of aliphatic hydroxyl groups is 1. The Morgan fingerprint density at radius 3 is 2.76 bits per heavy atom. The molecule has 0 spiro atoms. The summed E-state index contributed by atoms with van der Waals surface area (Å²) in [5, 5.41) is 12.9. The smallest absolute Gasteiger partial charge is 0.223 e. The SMILES string of the molecule is O=C(NC1CC(c2cc(N3CC[C@@H](O)C3)ncn2)C1)C1CCOCC1. The third-order valence-electron chi connectivity index (χ3n) is 5.66. The normalized spacial score (nSPS) is 30.1. The van der Waals surface area contributed by atoms with E-state index in [1.54, 1.807) is 6.33 Å². The molecule has 3 heterocycles. The van der Waals surface area contributed by atoms with Crippen molar-refractivity contribution in [1.82, 2.24) is 15.3 Å². The molecule has 0 unspecified atom stereocenters. The van der Waals surface area contributed by atoms with Gasteiger partial charge >= 0.3 is 0 Å². The third-order valence-corrected chi connectivity index (χ3v) is 5.66. The van der Waals surface area contributed by atoms with Crippen molar-refractivity contribution in [3.8, 4) is 0 Å². The Morgan fingerprint density at radius 1 is 1.24 bits per heavy atom. The van der Waals surface area contributed by atoms with Crippen LogP contribution >= 0.6 is 0 Å². The number of aliphatic hydroxyl groups excluding tert-OH is 1. The minimum Gasteiger partial charge on any atom is -0.391 e. The molecule has 0 aromatic carbocycles. The highest BCUT2D eigenvalue weighted by Gasteiger charge is 2.34. The van der Waals surface area contributed by atoms with Crippen molar-refractivity contribution < 1.29 is 14.6 Å². The zero-order chi connectivity index (χ0) is 17.2. The van der Waals surface area contributed by atoms with E-state index < -0.39 is 0 Å². The molecule has 3 fully saturated rings. The predicted molar refractivity (Wildman–Crippen MR) is 92.3 cm³/mol. The van der Waals surface area contributed by atoms with Gasteiger partial charge in [-0.3, -0.25) is 4.79 Å². The van der Waals surface area contributed by atoms with Gasteiger partial charge in [-0.1, -0.05) is 0 Å². The molecule has 1 saturated carbocycles. The first kappa shape index (κ1) is 16.7. The maximum absolute atomic E-state index is 12.3. The summed E-state index contributed by atoms with van der Waals surface area (Å²) in [5.41, 5.74) is 1.04. The van der Waals surface area contributed by atoms with Gasteiger partial charge in [0.25, 0.3) is 0 Å². The maximum Gasteiger partial charge on any atom is 0.223 e. The first-order valence-electron chi connectivity index (χ1n) is 9.32. The Hall–Kier alpha value is -1.73. The zero-order valence-corrected chi connectivity index (χ0v) is 14.4. The Balaban J connectivity index is 1.29. The van der Waals surface area contributed by atoms with E-state index in [9.17, 15) is 9.90 Å². The highest BCUT2D eigenvalue weighted by Crippen LogP contribution is 2.37. The quantitative estimate of drug-likeness (QED) is 0.840. The monoisotopic (exact) mass is 346 g/mol. The van der Waals surface area contributed by atoms with Crippen LogP contribution in [0.1, 0.15) is 43.7 Å². The Labute approximate surface area is 147 Å². The standard InChI is InChI=1S/C18H26N4O3/c23-15-1-4-22(10-15)17-9-16(19-11-20-17)13-7-14(8-13)21-18(24)12-2-5-25-6-3-12/h9,11-15,23H,1-8,10H2,(H,21,24)/t13?,14?,15-/m1/s1. The lowest BCUT2D eigenvalue weighted by Gasteiger charge is -2.36. The second kappa shape index (κ2) is 7.25. The van der Waals surface area contributed by atoms with Crippen LogP contribution in [0.5, 0.6) is 0 Å². The Morgan fingerprint density at radius 2 is 2.04 bits per heavy atom. The molecule has 0 radical (unpaired) electrons. The summed E-state index contributed by atoms with van der Waals surface area (Å²) >= 11 is 0. The number of amides is 1. The maximum atomic E-state index is 12.3. The number of carbonyl (C=O) groups excluding carboxylic acids is 1. The van der Waals surface area contributed by atoms with E-state index in [0.29, 0.717) is 25.7 Å². The van der Waals surface area contributed by atoms with Crippen LogP contribution in [-0.2, 0) is 9.53 Å². The number of nitrogens with one attached hydrogen (secondary N) is 1. The second-order valence-corrected chi connectivity index (χ2v) is 7.45. The average Bonchev–Trinajstić information content (AvgIpc) is 3.05. The van der Waals surface area contributed by atoms with Crippen LogP contribution in [0.3, 0.4) is 0 Å². The minimum absolute atomic E-state index is 0.111. The zero-order valence-electron chi connectivity index (χ0n) is 14.4. The van der Waals surface area contributed by atoms with Crippen LogP contribution in [0.15, 0.2) is 12.4 Å². The number of hydrogen-bond donors (Lipinski definition) is 2. The lowest BCUT2D eigenvalue weighted by atomic mass is 9.77. The lowest BCUT2D eigenvalue weighted by Crippen LogP contribution is -2.46. The first-order valence-corrected chi connectivity index (χ1v) is 9.32. The molecule has 4 rings (SSSR count). The summed E-state index contributed by atoms with van der Waals surface area (Å²) < 4.78 is 5.32. The number of carbonyl (C=O) groups is 1. The fraction of sp³-hybridized carbons (Fsp3) is 0.722. The van der Waals surface area contributed by atoms with Gasteiger partial charge in [-0.25, -0.2) is 9.97 Å². The molecule has 2 aliphatic heterocycles. The molecular formula is C18H26N4O3. The lowest BCUT2D eigenvalue weighted by molar-refractivity contribution is -0.129. The molecule has 25 heavy (non-hydrogen) atoms. The summed E-state index contributed by atoms with van der Waals surface area (Å²) in [6.07, 6.45) is 5.69. The van der Waals surface area contributed by atoms with Crippen LogP contribution in [0.2, 0.25) is 0 Å². The fourth-order valence-corrected chi connectivity index (χ4v) is 3.96. The van der Waals surface area contributed by atoms with Crippen LogP contribution in [-0.4, -0.2) is 59.4 Å². The molecule has 7 heteroatoms. The number of anilines is 1. The van der Waals surface area contributed by atoms with Gasteiger partial charge in [0.1, 0.15) is 12.1 Å². The molecule has 1 aromatic heterocycles. The second-order valence-electron chi connectivity index (χ2n) is 7.45. The van der Waals surface area contributed by atoms with Crippen molar-refractivity contribution in [2.75, 3.05) is 31.2 Å². The van der Waals surface area contributed by atoms with Crippen LogP contribution in [0, 0.1) is 5.92 Å². The minimum atomic E-state index is -0.258. The molecule has 136 valence electrons. The number of rotatable bonds is 4. The van der Waals surface area contributed by atoms with E-state index >= 15 is 0 Å². The number of hydrogen-bond acceptors (Lipinski definition) is 6. The molecule has 1 atom stereocenters. The van der Waals surface area contributed by atoms with Crippen LogP contribution in [0.25, 0.3) is 0 Å². The van der Waals surface area contributed by atoms with Crippen LogP contribution in [0.4, 0.5) is 5.82 Å². The summed E-state index contributed by atoms with van der Waals surface area (Å²) in [6, 6.07) is 2.30. The third kappa shape index (κ3) is 3.77. The summed E-state index contributed by atoms with van der Waals surface area (Å²) in [7, 11) is 0. The molecular weight excluding hydrogens is 320 g/mol. The Kier molecular flexibility index (Phi) is 4.85. The van der Waals surface area contributed by atoms with Gasteiger partial charge in [-0.05, 0) is 32.1 Å². The van der Waals surface area contributed by atoms with Crippen molar-refractivity contribution in [3.63, 3.8) is 0 Å². The fourth-order valence-electron chi connectivity index (χ4n) is 3.96. The van der Waals surface area contributed by atoms with Gasteiger partial charge in [0, 0.05) is 55.9 Å². The van der Waals surface area contributed by atoms with Crippen molar-refractivity contribution >= 4 is 11.7 Å². The van der Waals surface area contributed by atoms with Crippen molar-refractivity contribution in [2.45, 2.75) is 50.2 Å². The van der Waals surface area contributed by atoms with Crippen molar-refractivity contribution in [1.29, 1.82) is 0 Å². The molecule has 0 bridgehead atoms. The topological polar surface area (TPSA) is 87.6 Å². The molecule has 3 aliphatic rings. The van der Waals surface area contributed by atoms with E-state index in [0.717, 1.165) is 50.2 Å². The number of β-amino-alcohol motifs (C(OH)–C–C–N with tert-alkyl or cyclic N) is 1. The molecule has 1 aromatic rings. The van der Waals surface area contributed by atoms with Gasteiger partial charge in [0.05, 0.1) is 6.10 Å². The van der Waals surface area contributed by atoms with E-state index in [-0.39, 0.29) is 24.0 Å². The van der Waals surface area contributed by atoms with E-state index in [4.69, 9.17) is 4.74 Å². The van der Waals surface area contributed by atoms with Gasteiger partial charge < -0.3 is 20.1 Å². The van der Waals surface area contributed by atoms with Crippen molar-refractivity contribution in [2.24, 2.45) is 5.92 Å². The van der Waals surface area contributed by atoms with E-state index in [1.165, 1.54) is 0 Å². The summed E-state index contributed by atoms with van der Waals surface area (Å²) in [4.78, 5) is 23.2. The van der Waals surface area contributed by atoms with Gasteiger partial charge in [0.2, 0.25) is 5.91 Å². The summed E-state index contributed by atoms with van der Waals surface area (Å²) in [5.74, 6) is 1.58. The highest BCUT2D eigenvalue weighted by molar-refractivity contribution is 5.79. The first-order chi connectivity index (χ1) is 12.2. The molecule has 1 aliphatic carbocycles. The van der Waals surface area contributed by atoms with Crippen LogP contribution < -0.4 is 10.2 Å². The van der Waals surface area contributed by atoms with E-state index in [2.05, 4.69) is 20.2 Å². The Bertz CT molecular complexity index is 614.